The van der Waals surface area contributed by atoms with Gasteiger partial charge in [-0.05, 0) is 30.3 Å². The molecule has 4 rings (SSSR count). The standard InChI is InChI=1S/C16H13FN6O/c17-9-5-7-10(8-6-9)19-15-21-14(18)22-16(23-15)11-3-1-2-4-12(11)20-13(16)24/h1-8H,(H,20,24)(H4,18,19,21,22,23)/t16-/m1/s1. The zero-order chi connectivity index (χ0) is 16.7. The number of nitrogens with one attached hydrogen (secondary N) is 3. The Morgan fingerprint density at radius 2 is 1.79 bits per heavy atom. The highest BCUT2D eigenvalue weighted by atomic mass is 19.1. The van der Waals surface area contributed by atoms with Gasteiger partial charge in [0.1, 0.15) is 5.82 Å². The first kappa shape index (κ1) is 14.2. The van der Waals surface area contributed by atoms with Crippen LogP contribution in [0.25, 0.3) is 0 Å². The van der Waals surface area contributed by atoms with Crippen molar-refractivity contribution >= 4 is 29.2 Å². The van der Waals surface area contributed by atoms with Crippen LogP contribution in [-0.4, -0.2) is 17.8 Å². The first-order valence-electron chi connectivity index (χ1n) is 7.22. The third kappa shape index (κ3) is 2.16. The SMILES string of the molecule is NC1=N[C@]2(N=C(Nc3ccc(F)cc3)N1)C(=O)Nc1ccccc12. The number of fused-ring (bicyclic) bond motifs is 2. The highest BCUT2D eigenvalue weighted by Crippen LogP contribution is 2.40. The van der Waals surface area contributed by atoms with Gasteiger partial charge < -0.3 is 16.4 Å². The molecule has 0 saturated carbocycles. The van der Waals surface area contributed by atoms with E-state index < -0.39 is 5.66 Å². The molecule has 1 atom stereocenters. The molecule has 0 radical (unpaired) electrons. The van der Waals surface area contributed by atoms with E-state index in [-0.39, 0.29) is 23.6 Å². The smallest absolute Gasteiger partial charge is 0.280 e. The second-order valence-corrected chi connectivity index (χ2v) is 5.39. The minimum absolute atomic E-state index is 0.0569. The van der Waals surface area contributed by atoms with Crippen molar-refractivity contribution in [2.45, 2.75) is 5.66 Å². The third-order valence-corrected chi connectivity index (χ3v) is 3.78. The van der Waals surface area contributed by atoms with E-state index in [1.165, 1.54) is 12.1 Å². The van der Waals surface area contributed by atoms with Crippen molar-refractivity contribution in [1.29, 1.82) is 0 Å². The summed E-state index contributed by atoms with van der Waals surface area (Å²) < 4.78 is 13.0. The van der Waals surface area contributed by atoms with E-state index in [0.717, 1.165) is 0 Å². The Balaban J connectivity index is 1.76. The molecule has 2 aromatic carbocycles. The van der Waals surface area contributed by atoms with Gasteiger partial charge in [-0.2, -0.15) is 0 Å². The average Bonchev–Trinajstić information content (AvgIpc) is 2.81. The van der Waals surface area contributed by atoms with Crippen LogP contribution in [0.1, 0.15) is 5.56 Å². The van der Waals surface area contributed by atoms with Crippen LogP contribution in [0, 0.1) is 5.82 Å². The van der Waals surface area contributed by atoms with Gasteiger partial charge in [0.2, 0.25) is 5.96 Å². The van der Waals surface area contributed by atoms with Crippen molar-refractivity contribution in [2.24, 2.45) is 15.7 Å². The number of amides is 1. The molecule has 0 aliphatic carbocycles. The van der Waals surface area contributed by atoms with E-state index in [4.69, 9.17) is 5.73 Å². The van der Waals surface area contributed by atoms with E-state index >= 15 is 0 Å². The highest BCUT2D eigenvalue weighted by Gasteiger charge is 2.49. The van der Waals surface area contributed by atoms with Crippen LogP contribution in [0.2, 0.25) is 0 Å². The Labute approximate surface area is 136 Å². The summed E-state index contributed by atoms with van der Waals surface area (Å²) in [5.74, 6) is -0.422. The van der Waals surface area contributed by atoms with Crippen LogP contribution in [0.4, 0.5) is 15.8 Å². The van der Waals surface area contributed by atoms with Gasteiger partial charge in [0.05, 0.1) is 0 Å². The monoisotopic (exact) mass is 324 g/mol. The molecule has 0 bridgehead atoms. The summed E-state index contributed by atoms with van der Waals surface area (Å²) in [6.07, 6.45) is 0. The van der Waals surface area contributed by atoms with Crippen molar-refractivity contribution in [3.63, 3.8) is 0 Å². The molecule has 2 aliphatic heterocycles. The summed E-state index contributed by atoms with van der Waals surface area (Å²) in [6.45, 7) is 0. The molecule has 0 aromatic heterocycles. The Morgan fingerprint density at radius 3 is 2.58 bits per heavy atom. The first-order chi connectivity index (χ1) is 11.6. The lowest BCUT2D eigenvalue weighted by molar-refractivity contribution is -0.120. The van der Waals surface area contributed by atoms with Crippen LogP contribution in [0.15, 0.2) is 58.5 Å². The van der Waals surface area contributed by atoms with Crippen LogP contribution < -0.4 is 21.7 Å². The number of anilines is 2. The Kier molecular flexibility index (Phi) is 2.99. The second kappa shape index (κ2) is 5.05. The molecule has 1 amide bonds. The number of carbonyl (C=O) groups excluding carboxylic acids is 1. The normalized spacial score (nSPS) is 21.5. The van der Waals surface area contributed by atoms with Crippen LogP contribution >= 0.6 is 0 Å². The van der Waals surface area contributed by atoms with Gasteiger partial charge in [0.25, 0.3) is 11.6 Å². The topological polar surface area (TPSA) is 104 Å². The lowest BCUT2D eigenvalue weighted by Crippen LogP contribution is -2.49. The van der Waals surface area contributed by atoms with Crippen molar-refractivity contribution < 1.29 is 9.18 Å². The molecular weight excluding hydrogens is 311 g/mol. The summed E-state index contributed by atoms with van der Waals surface area (Å²) in [5.41, 5.74) is 6.25. The number of halogens is 1. The van der Waals surface area contributed by atoms with Gasteiger partial charge in [-0.15, -0.1) is 0 Å². The van der Waals surface area contributed by atoms with E-state index in [9.17, 15) is 9.18 Å². The molecule has 24 heavy (non-hydrogen) atoms. The zero-order valence-corrected chi connectivity index (χ0v) is 12.4. The molecule has 8 heteroatoms. The fourth-order valence-electron chi connectivity index (χ4n) is 2.72. The Morgan fingerprint density at radius 1 is 1.04 bits per heavy atom. The average molecular weight is 324 g/mol. The Hall–Kier alpha value is -3.42. The Bertz CT molecular complexity index is 892. The summed E-state index contributed by atoms with van der Waals surface area (Å²) >= 11 is 0. The molecule has 0 saturated heterocycles. The van der Waals surface area contributed by atoms with E-state index in [0.29, 0.717) is 16.9 Å². The van der Waals surface area contributed by atoms with Crippen molar-refractivity contribution in [1.82, 2.24) is 5.32 Å². The maximum atomic E-state index is 13.0. The maximum Gasteiger partial charge on any atom is 0.280 e. The predicted molar refractivity (Wildman–Crippen MR) is 89.0 cm³/mol. The zero-order valence-electron chi connectivity index (χ0n) is 12.4. The molecule has 0 fully saturated rings. The fraction of sp³-hybridized carbons (Fsp3) is 0.0625. The van der Waals surface area contributed by atoms with Gasteiger partial charge in [-0.3, -0.25) is 10.1 Å². The summed E-state index contributed by atoms with van der Waals surface area (Å²) in [7, 11) is 0. The number of benzene rings is 2. The quantitative estimate of drug-likeness (QED) is 0.635. The molecule has 2 aliphatic rings. The molecule has 2 heterocycles. The number of para-hydroxylation sites is 1. The molecule has 120 valence electrons. The van der Waals surface area contributed by atoms with Crippen LogP contribution in [0.3, 0.4) is 0 Å². The van der Waals surface area contributed by atoms with Crippen molar-refractivity contribution in [2.75, 3.05) is 10.6 Å². The largest absolute Gasteiger partial charge is 0.370 e. The van der Waals surface area contributed by atoms with Crippen LogP contribution in [-0.2, 0) is 10.5 Å². The van der Waals surface area contributed by atoms with Crippen molar-refractivity contribution in [3.05, 3.63) is 59.9 Å². The van der Waals surface area contributed by atoms with Crippen LogP contribution in [0.5, 0.6) is 0 Å². The molecule has 7 nitrogen and oxygen atoms in total. The van der Waals surface area contributed by atoms with Gasteiger partial charge in [0, 0.05) is 16.9 Å². The number of aliphatic imine (C=N–C) groups is 2. The van der Waals surface area contributed by atoms with Gasteiger partial charge >= 0.3 is 0 Å². The highest BCUT2D eigenvalue weighted by molar-refractivity contribution is 6.13. The molecule has 1 spiro atoms. The molecular formula is C16H13FN6O. The van der Waals surface area contributed by atoms with Gasteiger partial charge in [-0.25, -0.2) is 14.4 Å². The minimum Gasteiger partial charge on any atom is -0.370 e. The van der Waals surface area contributed by atoms with Crippen molar-refractivity contribution in [3.8, 4) is 0 Å². The number of nitrogens with two attached hydrogens (primary N) is 1. The number of nitrogens with zero attached hydrogens (tertiary/aromatic N) is 2. The molecule has 0 unspecified atom stereocenters. The van der Waals surface area contributed by atoms with Gasteiger partial charge in [-0.1, -0.05) is 18.2 Å². The lowest BCUT2D eigenvalue weighted by atomic mass is 10.0. The fourth-order valence-corrected chi connectivity index (χ4v) is 2.72. The summed E-state index contributed by atoms with van der Waals surface area (Å²) in [5, 5.41) is 8.50. The van der Waals surface area contributed by atoms with E-state index in [1.54, 1.807) is 30.3 Å². The number of hydrogen-bond acceptors (Lipinski definition) is 6. The first-order valence-corrected chi connectivity index (χ1v) is 7.22. The third-order valence-electron chi connectivity index (χ3n) is 3.78. The number of guanidine groups is 2. The molecule has 5 N–H and O–H groups in total. The lowest BCUT2D eigenvalue weighted by Gasteiger charge is -2.26. The number of hydrogen-bond donors (Lipinski definition) is 4. The van der Waals surface area contributed by atoms with E-state index in [1.807, 2.05) is 6.07 Å². The number of carbonyl (C=O) groups is 1. The second-order valence-electron chi connectivity index (χ2n) is 5.39. The van der Waals surface area contributed by atoms with E-state index in [2.05, 4.69) is 25.9 Å². The number of rotatable bonds is 1. The summed E-state index contributed by atoms with van der Waals surface area (Å²) in [6, 6.07) is 12.9. The summed E-state index contributed by atoms with van der Waals surface area (Å²) in [4.78, 5) is 21.2. The minimum atomic E-state index is -1.46. The maximum absolute atomic E-state index is 13.0. The van der Waals surface area contributed by atoms with Gasteiger partial charge in [0.15, 0.2) is 5.96 Å². The molecule has 2 aromatic rings. The predicted octanol–water partition coefficient (Wildman–Crippen LogP) is 1.32.